The Kier molecular flexibility index (Phi) is 3.49. The van der Waals surface area contributed by atoms with Gasteiger partial charge in [0.25, 0.3) is 5.91 Å². The molecule has 0 N–H and O–H groups in total. The number of nitrogens with zero attached hydrogens (tertiary/aromatic N) is 1. The number of amides is 1. The highest BCUT2D eigenvalue weighted by molar-refractivity contribution is 8.26. The topological polar surface area (TPSA) is 29.5 Å². The van der Waals surface area contributed by atoms with Gasteiger partial charge in [-0.25, -0.2) is 0 Å². The van der Waals surface area contributed by atoms with Crippen molar-refractivity contribution in [3.05, 3.63) is 34.7 Å². The lowest BCUT2D eigenvalue weighted by Crippen LogP contribution is -2.22. The molecule has 0 saturated carbocycles. The Morgan fingerprint density at radius 3 is 2.71 bits per heavy atom. The van der Waals surface area contributed by atoms with E-state index in [4.69, 9.17) is 17.0 Å². The van der Waals surface area contributed by atoms with Gasteiger partial charge in [0.2, 0.25) is 0 Å². The summed E-state index contributed by atoms with van der Waals surface area (Å²) in [4.78, 5) is 13.9. The summed E-state index contributed by atoms with van der Waals surface area (Å²) in [6.07, 6.45) is 1.81. The van der Waals surface area contributed by atoms with Gasteiger partial charge in [0, 0.05) is 12.6 Å². The molecule has 1 heterocycles. The first-order valence-corrected chi connectivity index (χ1v) is 6.20. The first-order chi connectivity index (χ1) is 8.13. The van der Waals surface area contributed by atoms with Crippen LogP contribution in [-0.4, -0.2) is 29.3 Å². The Hall–Kier alpha value is -1.33. The minimum atomic E-state index is -0.0640. The molecule has 88 valence electrons. The smallest absolute Gasteiger partial charge is 0.265 e. The van der Waals surface area contributed by atoms with Gasteiger partial charge in [-0.1, -0.05) is 42.2 Å². The van der Waals surface area contributed by atoms with Crippen LogP contribution in [0.15, 0.2) is 29.2 Å². The van der Waals surface area contributed by atoms with Gasteiger partial charge in [-0.2, -0.15) is 0 Å². The van der Waals surface area contributed by atoms with E-state index in [1.54, 1.807) is 14.2 Å². The molecule has 0 aliphatic carbocycles. The first kappa shape index (κ1) is 12.1. The van der Waals surface area contributed by atoms with Crippen LogP contribution in [0.5, 0.6) is 5.75 Å². The second-order valence-corrected chi connectivity index (χ2v) is 5.16. The van der Waals surface area contributed by atoms with Crippen molar-refractivity contribution in [1.29, 1.82) is 0 Å². The van der Waals surface area contributed by atoms with Crippen LogP contribution in [0.4, 0.5) is 0 Å². The Morgan fingerprint density at radius 2 is 2.12 bits per heavy atom. The van der Waals surface area contributed by atoms with E-state index >= 15 is 0 Å². The molecular weight excluding hydrogens is 254 g/mol. The highest BCUT2D eigenvalue weighted by Crippen LogP contribution is 2.32. The highest BCUT2D eigenvalue weighted by atomic mass is 32.2. The predicted molar refractivity (Wildman–Crippen MR) is 73.9 cm³/mol. The standard InChI is InChI=1S/C12H11NO2S2/c1-13-11(14)10(17-12(13)16)7-8-5-3-4-6-9(8)15-2/h3-7H,1-2H3/b10-7-. The number of carbonyl (C=O) groups is 1. The number of methoxy groups -OCH3 is 1. The predicted octanol–water partition coefficient (Wildman–Crippen LogP) is 2.53. The summed E-state index contributed by atoms with van der Waals surface area (Å²) in [6, 6.07) is 7.56. The molecule has 3 nitrogen and oxygen atoms in total. The largest absolute Gasteiger partial charge is 0.496 e. The number of hydrogen-bond acceptors (Lipinski definition) is 4. The summed E-state index contributed by atoms with van der Waals surface area (Å²) < 4.78 is 5.81. The van der Waals surface area contributed by atoms with Crippen LogP contribution in [0.2, 0.25) is 0 Å². The summed E-state index contributed by atoms with van der Waals surface area (Å²) >= 11 is 6.38. The molecular formula is C12H11NO2S2. The third-order valence-corrected chi connectivity index (χ3v) is 3.90. The van der Waals surface area contributed by atoms with Gasteiger partial charge >= 0.3 is 0 Å². The molecule has 1 amide bonds. The summed E-state index contributed by atoms with van der Waals surface area (Å²) in [5.41, 5.74) is 0.879. The SMILES string of the molecule is COc1ccccc1/C=C1\SC(=S)N(C)C1=O. The van der Waals surface area contributed by atoms with Gasteiger partial charge < -0.3 is 4.74 Å². The van der Waals surface area contributed by atoms with Crippen LogP contribution in [-0.2, 0) is 4.79 Å². The first-order valence-electron chi connectivity index (χ1n) is 4.98. The van der Waals surface area contributed by atoms with E-state index in [2.05, 4.69) is 0 Å². The zero-order valence-electron chi connectivity index (χ0n) is 9.47. The molecule has 0 bridgehead atoms. The zero-order chi connectivity index (χ0) is 12.4. The zero-order valence-corrected chi connectivity index (χ0v) is 11.1. The van der Waals surface area contributed by atoms with Crippen molar-refractivity contribution in [2.75, 3.05) is 14.2 Å². The number of rotatable bonds is 2. The van der Waals surface area contributed by atoms with Crippen LogP contribution in [0.3, 0.4) is 0 Å². The fraction of sp³-hybridized carbons (Fsp3) is 0.167. The summed E-state index contributed by atoms with van der Waals surface area (Å²) in [6.45, 7) is 0. The maximum atomic E-state index is 11.8. The number of thioether (sulfide) groups is 1. The van der Waals surface area contributed by atoms with Crippen LogP contribution in [0, 0.1) is 0 Å². The van der Waals surface area contributed by atoms with E-state index in [0.29, 0.717) is 9.23 Å². The normalized spacial score (nSPS) is 18.0. The van der Waals surface area contributed by atoms with Crippen molar-refractivity contribution in [3.63, 3.8) is 0 Å². The van der Waals surface area contributed by atoms with Crippen LogP contribution in [0.25, 0.3) is 6.08 Å². The van der Waals surface area contributed by atoms with Crippen LogP contribution >= 0.6 is 24.0 Å². The van der Waals surface area contributed by atoms with Gasteiger partial charge in [0.05, 0.1) is 12.0 Å². The van der Waals surface area contributed by atoms with Gasteiger partial charge in [-0.15, -0.1) is 0 Å². The van der Waals surface area contributed by atoms with Crippen molar-refractivity contribution in [2.24, 2.45) is 0 Å². The molecule has 17 heavy (non-hydrogen) atoms. The molecule has 0 radical (unpaired) electrons. The van der Waals surface area contributed by atoms with Crippen molar-refractivity contribution in [2.45, 2.75) is 0 Å². The monoisotopic (exact) mass is 265 g/mol. The van der Waals surface area contributed by atoms with E-state index in [1.807, 2.05) is 30.3 Å². The second-order valence-electron chi connectivity index (χ2n) is 3.48. The Balaban J connectivity index is 2.37. The molecule has 5 heteroatoms. The van der Waals surface area contributed by atoms with E-state index in [0.717, 1.165) is 11.3 Å². The van der Waals surface area contributed by atoms with E-state index in [-0.39, 0.29) is 5.91 Å². The second kappa shape index (κ2) is 4.89. The highest BCUT2D eigenvalue weighted by Gasteiger charge is 2.28. The van der Waals surface area contributed by atoms with Gasteiger partial charge in [0.1, 0.15) is 10.1 Å². The van der Waals surface area contributed by atoms with Gasteiger partial charge in [-0.3, -0.25) is 9.69 Å². The average molecular weight is 265 g/mol. The fourth-order valence-corrected chi connectivity index (χ4v) is 2.64. The minimum Gasteiger partial charge on any atom is -0.496 e. The maximum Gasteiger partial charge on any atom is 0.265 e. The van der Waals surface area contributed by atoms with Crippen LogP contribution in [0.1, 0.15) is 5.56 Å². The maximum absolute atomic E-state index is 11.8. The minimum absolute atomic E-state index is 0.0640. The lowest BCUT2D eigenvalue weighted by Gasteiger charge is -2.05. The molecule has 1 fully saturated rings. The average Bonchev–Trinajstić information content (AvgIpc) is 2.58. The third-order valence-electron chi connectivity index (χ3n) is 2.41. The molecule has 0 spiro atoms. The number of likely N-dealkylation sites (N-methyl/N-ethyl adjacent to an activating group) is 1. The summed E-state index contributed by atoms with van der Waals surface area (Å²) in [5.74, 6) is 0.680. The lowest BCUT2D eigenvalue weighted by atomic mass is 10.2. The molecule has 1 aromatic rings. The molecule has 1 aliphatic rings. The number of hydrogen-bond donors (Lipinski definition) is 0. The number of thiocarbonyl (C=S) groups is 1. The van der Waals surface area contributed by atoms with Crippen molar-refractivity contribution in [3.8, 4) is 5.75 Å². The number of para-hydroxylation sites is 1. The fourth-order valence-electron chi connectivity index (χ4n) is 1.47. The molecule has 1 aromatic carbocycles. The van der Waals surface area contributed by atoms with Gasteiger partial charge in [0.15, 0.2) is 0 Å². The summed E-state index contributed by atoms with van der Waals surface area (Å²) in [7, 11) is 3.29. The molecule has 1 saturated heterocycles. The van der Waals surface area contributed by atoms with Crippen LogP contribution < -0.4 is 4.74 Å². The van der Waals surface area contributed by atoms with Gasteiger partial charge in [-0.05, 0) is 12.1 Å². The molecule has 0 aromatic heterocycles. The van der Waals surface area contributed by atoms with E-state index < -0.39 is 0 Å². The molecule has 2 rings (SSSR count). The number of carbonyl (C=O) groups excluding carboxylic acids is 1. The molecule has 1 aliphatic heterocycles. The lowest BCUT2D eigenvalue weighted by molar-refractivity contribution is -0.121. The summed E-state index contributed by atoms with van der Waals surface area (Å²) in [5, 5.41) is 0. The quantitative estimate of drug-likeness (QED) is 0.607. The van der Waals surface area contributed by atoms with Crippen molar-refractivity contribution in [1.82, 2.24) is 4.90 Å². The molecule has 0 atom stereocenters. The van der Waals surface area contributed by atoms with Crippen molar-refractivity contribution >= 4 is 40.3 Å². The van der Waals surface area contributed by atoms with Crippen molar-refractivity contribution < 1.29 is 9.53 Å². The number of ether oxygens (including phenoxy) is 1. The van der Waals surface area contributed by atoms with E-state index in [9.17, 15) is 4.79 Å². The Morgan fingerprint density at radius 1 is 1.41 bits per heavy atom. The van der Waals surface area contributed by atoms with E-state index in [1.165, 1.54) is 16.7 Å². The Bertz CT molecular complexity index is 511. The number of benzene rings is 1. The third kappa shape index (κ3) is 2.35. The Labute approximate surface area is 109 Å². The molecule has 0 unspecified atom stereocenters.